The van der Waals surface area contributed by atoms with Gasteiger partial charge in [-0.3, -0.25) is 0 Å². The van der Waals surface area contributed by atoms with Crippen LogP contribution in [0.25, 0.3) is 0 Å². The van der Waals surface area contributed by atoms with E-state index in [1.807, 2.05) is 19.9 Å². The van der Waals surface area contributed by atoms with Crippen LogP contribution in [-0.2, 0) is 52.1 Å². The van der Waals surface area contributed by atoms with Crippen LogP contribution in [-0.4, -0.2) is 268 Å². The number of hydrogen-bond donors (Lipinski definition) is 15. The van der Waals surface area contributed by atoms with Crippen LogP contribution >= 0.6 is 0 Å². The summed E-state index contributed by atoms with van der Waals surface area (Å²) in [7, 11) is 0. The molecule has 0 radical (unpaired) electrons. The van der Waals surface area contributed by atoms with Crippen LogP contribution in [0, 0.1) is 40.4 Å². The summed E-state index contributed by atoms with van der Waals surface area (Å²) in [4.78, 5) is 0. The molecule has 83 heavy (non-hydrogen) atoms. The summed E-state index contributed by atoms with van der Waals surface area (Å²) < 4.78 is 66.6. The molecule has 9 fully saturated rings. The predicted molar refractivity (Wildman–Crippen MR) is 280 cm³/mol. The summed E-state index contributed by atoms with van der Waals surface area (Å²) in [6, 6.07) is 0. The predicted octanol–water partition coefficient (Wildman–Crippen LogP) is -3.21. The second-order valence-electron chi connectivity index (χ2n) is 26.3. The molecule has 26 nitrogen and oxygen atoms in total. The summed E-state index contributed by atoms with van der Waals surface area (Å²) in [5, 5.41) is 162. The fourth-order valence-corrected chi connectivity index (χ4v) is 16.1. The number of fused-ring (bicyclic) bond motifs is 7. The van der Waals surface area contributed by atoms with Crippen molar-refractivity contribution in [3.63, 3.8) is 0 Å². The molecule has 476 valence electrons. The lowest BCUT2D eigenvalue weighted by atomic mass is 9.46. The highest BCUT2D eigenvalue weighted by Gasteiger charge is 2.69. The van der Waals surface area contributed by atoms with Gasteiger partial charge >= 0.3 is 0 Å². The molecule has 0 amide bonds. The Morgan fingerprint density at radius 2 is 1.13 bits per heavy atom. The standard InChI is InChI=1S/C57H92O26/c1-21(20-73-50-41(67)39(65)36(62)31(18-58)79-50)8-11-33-57(7,72)49-30(78-33)17-29-27-10-9-25-16-26(12-14-55(25,5)28(27)13-15-56(29,49)6)77-54-48(83-52-43(69)38(64)35(61)23(3)75-52)45(71)47(32(19-59)80-54)82-53-44(70)40(66)46(24(4)76-53)81-51-42(68)37(63)34(60)22(2)74-51/h9,11,21-24,26-32,34-54,58-72H,8,10,12-20H2,1-7H3/b33-11-/t21-,22+,23+,24+,26+,27-,28+,29+,30+,31-,32-,34+,35+,36-,37-,38-,39+,40+,41-,42-,43-,44-,45+,46+,47-,48-,49+,50-,51+,52+,53+,54-,55+,56+,57+/m1/s1. The summed E-state index contributed by atoms with van der Waals surface area (Å²) in [6.07, 6.45) is -28.2. The Bertz CT molecular complexity index is 2260. The van der Waals surface area contributed by atoms with Gasteiger partial charge in [-0.05, 0) is 120 Å². The third-order valence-electron chi connectivity index (χ3n) is 20.9. The smallest absolute Gasteiger partial charge is 0.187 e. The number of ether oxygens (including phenoxy) is 11. The molecule has 0 aromatic rings. The maximum Gasteiger partial charge on any atom is 0.187 e. The Kier molecular flexibility index (Phi) is 19.3. The van der Waals surface area contributed by atoms with Crippen molar-refractivity contribution < 1.29 is 129 Å². The van der Waals surface area contributed by atoms with Gasteiger partial charge in [0.1, 0.15) is 121 Å². The van der Waals surface area contributed by atoms with Gasteiger partial charge in [0.15, 0.2) is 31.5 Å². The Hall–Kier alpha value is -1.72. The van der Waals surface area contributed by atoms with Crippen LogP contribution in [0.2, 0.25) is 0 Å². The van der Waals surface area contributed by atoms with E-state index in [0.29, 0.717) is 36.9 Å². The highest BCUT2D eigenvalue weighted by molar-refractivity contribution is 5.29. The van der Waals surface area contributed by atoms with E-state index in [1.54, 1.807) is 0 Å². The van der Waals surface area contributed by atoms with Gasteiger partial charge in [0.25, 0.3) is 0 Å². The molecule has 26 heteroatoms. The average molecular weight is 1190 g/mol. The second kappa shape index (κ2) is 24.9. The molecule has 6 saturated heterocycles. The fraction of sp³-hybridized carbons (Fsp3) is 0.930. The molecular weight excluding hydrogens is 1100 g/mol. The number of allylic oxidation sites excluding steroid dienone is 2. The third kappa shape index (κ3) is 11.7. The van der Waals surface area contributed by atoms with Crippen molar-refractivity contribution in [3.05, 3.63) is 23.5 Å². The third-order valence-corrected chi connectivity index (χ3v) is 20.9. The van der Waals surface area contributed by atoms with E-state index in [-0.39, 0.29) is 41.3 Å². The zero-order valence-corrected chi connectivity index (χ0v) is 48.1. The highest BCUT2D eigenvalue weighted by Crippen LogP contribution is 2.70. The number of aliphatic hydroxyl groups excluding tert-OH is 14. The van der Waals surface area contributed by atoms with E-state index in [1.165, 1.54) is 26.3 Å². The zero-order valence-electron chi connectivity index (χ0n) is 48.1. The van der Waals surface area contributed by atoms with E-state index < -0.39 is 178 Å². The Morgan fingerprint density at radius 3 is 1.76 bits per heavy atom. The monoisotopic (exact) mass is 1190 g/mol. The quantitative estimate of drug-likeness (QED) is 0.0718. The maximum absolute atomic E-state index is 12.4. The molecule has 0 unspecified atom stereocenters. The molecule has 15 N–H and O–H groups in total. The molecule has 0 aromatic heterocycles. The summed E-state index contributed by atoms with van der Waals surface area (Å²) >= 11 is 0. The number of rotatable bonds is 15. The largest absolute Gasteiger partial charge is 0.492 e. The van der Waals surface area contributed by atoms with Crippen molar-refractivity contribution in [2.24, 2.45) is 40.4 Å². The van der Waals surface area contributed by atoms with Crippen molar-refractivity contribution in [2.45, 2.75) is 271 Å². The minimum atomic E-state index is -1.89. The number of hydrogen-bond acceptors (Lipinski definition) is 26. The SMILES string of the molecule is C[C@H](C/C=C1\O[C@H]2C[C@H]3[C@@H]4CC=C5C[C@@H](O[C@@H]6O[C@H](CO)[C@@H](O[C@@H]7O[C@@H](C)[C@H](O[C@@H]8O[C@@H](C)[C@H](O)[C@@H](O)[C@H]8O)[C@@H](O)[C@H]7O)[C@H](O)[C@H]6O[C@@H]6O[C@@H](C)[C@H](O)[C@@H](O)[C@H]6O)CC[C@]5(C)[C@H]4CC[C@]3(C)[C@H]2[C@@]1(C)O)CO[C@@H]1O[C@H](CO)[C@@H](O)[C@H](O)[C@H]1O. The summed E-state index contributed by atoms with van der Waals surface area (Å²) in [6.45, 7) is 11.6. The molecule has 35 atom stereocenters. The highest BCUT2D eigenvalue weighted by atomic mass is 16.8. The Labute approximate surface area is 482 Å². The molecular formula is C57H92O26. The van der Waals surface area contributed by atoms with Gasteiger partial charge in [-0.1, -0.05) is 32.4 Å². The van der Waals surface area contributed by atoms with Gasteiger partial charge in [-0.25, -0.2) is 0 Å². The number of aliphatic hydroxyl groups is 15. The van der Waals surface area contributed by atoms with Crippen molar-refractivity contribution >= 4 is 0 Å². The first-order valence-electron chi connectivity index (χ1n) is 29.8. The summed E-state index contributed by atoms with van der Waals surface area (Å²) in [5.74, 6) is 1.15. The van der Waals surface area contributed by atoms with Crippen LogP contribution in [0.3, 0.4) is 0 Å². The van der Waals surface area contributed by atoms with Gasteiger partial charge in [-0.15, -0.1) is 0 Å². The van der Waals surface area contributed by atoms with Crippen molar-refractivity contribution in [3.8, 4) is 0 Å². The molecule has 3 saturated carbocycles. The van der Waals surface area contributed by atoms with Gasteiger partial charge in [-0.2, -0.15) is 0 Å². The second-order valence-corrected chi connectivity index (χ2v) is 26.3. The topological polar surface area (TPSA) is 405 Å². The van der Waals surface area contributed by atoms with Gasteiger partial charge in [0, 0.05) is 5.92 Å². The van der Waals surface area contributed by atoms with Crippen molar-refractivity contribution in [2.75, 3.05) is 19.8 Å². The molecule has 0 bridgehead atoms. The van der Waals surface area contributed by atoms with Crippen LogP contribution in [0.15, 0.2) is 23.5 Å². The van der Waals surface area contributed by atoms with E-state index in [4.69, 9.17) is 52.1 Å². The molecule has 0 aromatic carbocycles. The summed E-state index contributed by atoms with van der Waals surface area (Å²) in [5.41, 5.74) is -0.463. The van der Waals surface area contributed by atoms with E-state index in [2.05, 4.69) is 19.9 Å². The van der Waals surface area contributed by atoms with E-state index in [9.17, 15) is 76.6 Å². The first kappa shape index (κ1) is 64.3. The van der Waals surface area contributed by atoms with Crippen LogP contribution in [0.4, 0.5) is 0 Å². The lowest BCUT2D eigenvalue weighted by Gasteiger charge is -2.58. The van der Waals surface area contributed by atoms with Crippen LogP contribution in [0.5, 0.6) is 0 Å². The molecule has 6 heterocycles. The first-order chi connectivity index (χ1) is 39.1. The minimum absolute atomic E-state index is 0.115. The van der Waals surface area contributed by atoms with Crippen LogP contribution < -0.4 is 0 Å². The van der Waals surface area contributed by atoms with Crippen LogP contribution in [0.1, 0.15) is 99.8 Å². The zero-order chi connectivity index (χ0) is 60.1. The molecule has 10 rings (SSSR count). The molecule has 10 aliphatic rings. The first-order valence-corrected chi connectivity index (χ1v) is 29.8. The maximum atomic E-state index is 12.4. The van der Waals surface area contributed by atoms with Crippen molar-refractivity contribution in [1.29, 1.82) is 0 Å². The lowest BCUT2D eigenvalue weighted by molar-refractivity contribution is -0.394. The van der Waals surface area contributed by atoms with Gasteiger partial charge in [0.2, 0.25) is 0 Å². The fourth-order valence-electron chi connectivity index (χ4n) is 16.1. The van der Waals surface area contributed by atoms with Crippen molar-refractivity contribution in [1.82, 2.24) is 0 Å². The van der Waals surface area contributed by atoms with Gasteiger partial charge < -0.3 is 129 Å². The lowest BCUT2D eigenvalue weighted by Crippen LogP contribution is -2.67. The average Bonchev–Trinajstić information content (AvgIpc) is 3.21. The minimum Gasteiger partial charge on any atom is -0.492 e. The van der Waals surface area contributed by atoms with E-state index in [0.717, 1.165) is 32.1 Å². The Morgan fingerprint density at radius 1 is 0.578 bits per heavy atom. The molecule has 4 aliphatic carbocycles. The van der Waals surface area contributed by atoms with E-state index >= 15 is 0 Å². The Balaban J connectivity index is 0.796. The molecule has 6 aliphatic heterocycles. The normalized spacial score (nSPS) is 55.4. The molecule has 0 spiro atoms. The van der Waals surface area contributed by atoms with Gasteiger partial charge in [0.05, 0.1) is 44.2 Å².